The highest BCUT2D eigenvalue weighted by molar-refractivity contribution is 7.84. The fraction of sp³-hybridized carbons (Fsp3) is 0.846. The van der Waals surface area contributed by atoms with Gasteiger partial charge in [-0.15, -0.1) is 0 Å². The number of hydrogen-bond donors (Lipinski definition) is 2. The Labute approximate surface area is 122 Å². The molecule has 0 spiro atoms. The van der Waals surface area contributed by atoms with Gasteiger partial charge in [0.2, 0.25) is 0 Å². The molecule has 0 aromatic carbocycles. The third-order valence-corrected chi connectivity index (χ3v) is 5.06. The molecule has 0 bridgehead atoms. The standard InChI is InChI=1S/C13H24N2O4S/c1-10(20(2)19)7-8-14-13(18)15-9-5-3-4-6-11(15)12(16)17/h10-11H,3-9H2,1-2H3,(H,14,18)(H,16,17). The molecule has 1 aliphatic rings. The van der Waals surface area contributed by atoms with Gasteiger partial charge in [0.15, 0.2) is 0 Å². The van der Waals surface area contributed by atoms with Gasteiger partial charge < -0.3 is 15.3 Å². The van der Waals surface area contributed by atoms with E-state index in [0.29, 0.717) is 25.9 Å². The maximum absolute atomic E-state index is 12.1. The van der Waals surface area contributed by atoms with E-state index in [1.807, 2.05) is 6.92 Å². The lowest BCUT2D eigenvalue weighted by Gasteiger charge is -2.27. The van der Waals surface area contributed by atoms with Crippen molar-refractivity contribution in [3.8, 4) is 0 Å². The molecule has 7 heteroatoms. The van der Waals surface area contributed by atoms with Gasteiger partial charge in [0.05, 0.1) is 0 Å². The van der Waals surface area contributed by atoms with E-state index in [0.717, 1.165) is 19.3 Å². The number of nitrogens with one attached hydrogen (secondary N) is 1. The lowest BCUT2D eigenvalue weighted by Crippen LogP contribution is -2.49. The van der Waals surface area contributed by atoms with E-state index in [4.69, 9.17) is 0 Å². The second-order valence-corrected chi connectivity index (χ2v) is 7.03. The van der Waals surface area contributed by atoms with E-state index in [1.54, 1.807) is 6.26 Å². The summed E-state index contributed by atoms with van der Waals surface area (Å²) in [5.74, 6) is -0.940. The number of carboxylic acids is 1. The average molecular weight is 304 g/mol. The molecule has 1 aliphatic heterocycles. The number of amides is 2. The number of carboxylic acid groups (broad SMARTS) is 1. The molecule has 6 nitrogen and oxygen atoms in total. The van der Waals surface area contributed by atoms with Crippen LogP contribution in [0.5, 0.6) is 0 Å². The van der Waals surface area contributed by atoms with Crippen molar-refractivity contribution in [2.24, 2.45) is 0 Å². The van der Waals surface area contributed by atoms with Crippen molar-refractivity contribution in [2.75, 3.05) is 19.3 Å². The van der Waals surface area contributed by atoms with Gasteiger partial charge in [0, 0.05) is 35.4 Å². The van der Waals surface area contributed by atoms with Crippen molar-refractivity contribution in [3.05, 3.63) is 0 Å². The number of urea groups is 1. The SMILES string of the molecule is CC(CCNC(=O)N1CCCCCC1C(=O)O)S(C)=O. The summed E-state index contributed by atoms with van der Waals surface area (Å²) in [4.78, 5) is 24.7. The van der Waals surface area contributed by atoms with Crippen molar-refractivity contribution >= 4 is 22.8 Å². The highest BCUT2D eigenvalue weighted by Crippen LogP contribution is 2.17. The summed E-state index contributed by atoms with van der Waals surface area (Å²) in [6, 6.07) is -1.05. The van der Waals surface area contributed by atoms with Crippen molar-refractivity contribution in [3.63, 3.8) is 0 Å². The van der Waals surface area contributed by atoms with Crippen LogP contribution >= 0.6 is 0 Å². The Hall–Kier alpha value is -1.11. The Kier molecular flexibility index (Phi) is 6.98. The van der Waals surface area contributed by atoms with Gasteiger partial charge in [-0.1, -0.05) is 19.8 Å². The molecular weight excluding hydrogens is 280 g/mol. The minimum atomic E-state index is -0.940. The molecule has 1 saturated heterocycles. The summed E-state index contributed by atoms with van der Waals surface area (Å²) in [5.41, 5.74) is 0. The highest BCUT2D eigenvalue weighted by Gasteiger charge is 2.30. The van der Waals surface area contributed by atoms with Gasteiger partial charge in [-0.25, -0.2) is 9.59 Å². The number of likely N-dealkylation sites (tertiary alicyclic amines) is 1. The summed E-state index contributed by atoms with van der Waals surface area (Å²) in [6.07, 6.45) is 5.42. The normalized spacial score (nSPS) is 22.7. The first kappa shape index (κ1) is 16.9. The van der Waals surface area contributed by atoms with Gasteiger partial charge in [-0.2, -0.15) is 0 Å². The van der Waals surface area contributed by atoms with E-state index >= 15 is 0 Å². The first-order valence-electron chi connectivity index (χ1n) is 7.03. The number of hydrogen-bond acceptors (Lipinski definition) is 3. The summed E-state index contributed by atoms with van der Waals surface area (Å²) in [5, 5.41) is 12.0. The zero-order chi connectivity index (χ0) is 15.1. The Morgan fingerprint density at radius 1 is 1.40 bits per heavy atom. The topological polar surface area (TPSA) is 86.7 Å². The van der Waals surface area contributed by atoms with Crippen LogP contribution in [0.1, 0.15) is 39.0 Å². The molecule has 0 aliphatic carbocycles. The van der Waals surface area contributed by atoms with E-state index in [9.17, 15) is 18.9 Å². The fourth-order valence-corrected chi connectivity index (χ4v) is 2.71. The number of rotatable bonds is 5. The summed E-state index contributed by atoms with van der Waals surface area (Å²) < 4.78 is 11.2. The predicted octanol–water partition coefficient (Wildman–Crippen LogP) is 1.18. The van der Waals surface area contributed by atoms with Crippen molar-refractivity contribution in [1.29, 1.82) is 0 Å². The number of carbonyl (C=O) groups excluding carboxylic acids is 1. The van der Waals surface area contributed by atoms with Gasteiger partial charge in [0.25, 0.3) is 0 Å². The van der Waals surface area contributed by atoms with Crippen LogP contribution in [0.15, 0.2) is 0 Å². The van der Waals surface area contributed by atoms with Gasteiger partial charge in [-0.05, 0) is 19.3 Å². The second kappa shape index (κ2) is 8.24. The van der Waals surface area contributed by atoms with Crippen LogP contribution in [-0.4, -0.2) is 56.9 Å². The van der Waals surface area contributed by atoms with Crippen LogP contribution in [0, 0.1) is 0 Å². The fourth-order valence-electron chi connectivity index (χ4n) is 2.26. The first-order valence-corrected chi connectivity index (χ1v) is 8.65. The van der Waals surface area contributed by atoms with Crippen LogP contribution in [0.3, 0.4) is 0 Å². The third-order valence-electron chi connectivity index (χ3n) is 3.69. The molecule has 0 saturated carbocycles. The Balaban J connectivity index is 2.50. The molecule has 3 unspecified atom stereocenters. The molecule has 0 aromatic heterocycles. The molecule has 0 aromatic rings. The number of nitrogens with zero attached hydrogens (tertiary/aromatic N) is 1. The zero-order valence-electron chi connectivity index (χ0n) is 12.1. The van der Waals surface area contributed by atoms with Crippen LogP contribution in [0.25, 0.3) is 0 Å². The van der Waals surface area contributed by atoms with Gasteiger partial charge in [0.1, 0.15) is 6.04 Å². The Morgan fingerprint density at radius 2 is 2.10 bits per heavy atom. The van der Waals surface area contributed by atoms with E-state index in [2.05, 4.69) is 5.32 Å². The maximum atomic E-state index is 12.1. The smallest absolute Gasteiger partial charge is 0.326 e. The summed E-state index contributed by atoms with van der Waals surface area (Å²) in [7, 11) is -0.906. The molecular formula is C13H24N2O4S. The van der Waals surface area contributed by atoms with Gasteiger partial charge in [-0.3, -0.25) is 4.21 Å². The van der Waals surface area contributed by atoms with Crippen molar-refractivity contribution in [2.45, 2.75) is 50.3 Å². The Morgan fingerprint density at radius 3 is 2.70 bits per heavy atom. The predicted molar refractivity (Wildman–Crippen MR) is 78.1 cm³/mol. The molecule has 20 heavy (non-hydrogen) atoms. The monoisotopic (exact) mass is 304 g/mol. The van der Waals surface area contributed by atoms with Crippen LogP contribution in [0.4, 0.5) is 4.79 Å². The van der Waals surface area contributed by atoms with Gasteiger partial charge >= 0.3 is 12.0 Å². The zero-order valence-corrected chi connectivity index (χ0v) is 12.9. The molecule has 2 amide bonds. The lowest BCUT2D eigenvalue weighted by molar-refractivity contribution is -0.142. The number of carbonyl (C=O) groups is 2. The van der Waals surface area contributed by atoms with Crippen molar-refractivity contribution in [1.82, 2.24) is 10.2 Å². The average Bonchev–Trinajstić information content (AvgIpc) is 2.63. The molecule has 3 atom stereocenters. The lowest BCUT2D eigenvalue weighted by atomic mass is 10.1. The van der Waals surface area contributed by atoms with E-state index in [1.165, 1.54) is 4.90 Å². The van der Waals surface area contributed by atoms with Crippen molar-refractivity contribution < 1.29 is 18.9 Å². The Bertz CT molecular complexity index is 375. The maximum Gasteiger partial charge on any atom is 0.326 e. The molecule has 0 radical (unpaired) electrons. The molecule has 1 rings (SSSR count). The first-order chi connectivity index (χ1) is 9.43. The molecule has 2 N–H and O–H groups in total. The van der Waals surface area contributed by atoms with Crippen LogP contribution < -0.4 is 5.32 Å². The summed E-state index contributed by atoms with van der Waals surface area (Å²) in [6.45, 7) is 2.77. The van der Waals surface area contributed by atoms with E-state index in [-0.39, 0.29) is 11.3 Å². The molecule has 1 heterocycles. The number of aliphatic carboxylic acids is 1. The largest absolute Gasteiger partial charge is 0.480 e. The highest BCUT2D eigenvalue weighted by atomic mass is 32.2. The summed E-state index contributed by atoms with van der Waals surface area (Å²) >= 11 is 0. The second-order valence-electron chi connectivity index (χ2n) is 5.23. The van der Waals surface area contributed by atoms with Crippen LogP contribution in [0.2, 0.25) is 0 Å². The molecule has 116 valence electrons. The van der Waals surface area contributed by atoms with Crippen LogP contribution in [-0.2, 0) is 15.6 Å². The molecule has 1 fully saturated rings. The minimum absolute atomic E-state index is 0.0229. The minimum Gasteiger partial charge on any atom is -0.480 e. The van der Waals surface area contributed by atoms with E-state index < -0.39 is 22.8 Å². The third kappa shape index (κ3) is 5.11. The quantitative estimate of drug-likeness (QED) is 0.798.